The third-order valence-corrected chi connectivity index (χ3v) is 4.47. The summed E-state index contributed by atoms with van der Waals surface area (Å²) in [7, 11) is 0. The van der Waals surface area contributed by atoms with E-state index in [1.807, 2.05) is 0 Å². The maximum atomic E-state index is 5.85. The van der Waals surface area contributed by atoms with Crippen LogP contribution in [0.1, 0.15) is 32.6 Å². The van der Waals surface area contributed by atoms with Crippen molar-refractivity contribution in [3.63, 3.8) is 0 Å². The molecule has 0 spiro atoms. The van der Waals surface area contributed by atoms with Crippen LogP contribution in [0.3, 0.4) is 0 Å². The number of alkyl halides is 1. The molecule has 2 aliphatic heterocycles. The summed E-state index contributed by atoms with van der Waals surface area (Å²) in [4.78, 5) is 2.62. The molecule has 0 aliphatic carbocycles. The molecule has 3 unspecified atom stereocenters. The fourth-order valence-corrected chi connectivity index (χ4v) is 3.37. The van der Waals surface area contributed by atoms with Gasteiger partial charge in [0, 0.05) is 25.0 Å². The van der Waals surface area contributed by atoms with E-state index in [2.05, 4.69) is 27.8 Å². The molecule has 0 aromatic rings. The summed E-state index contributed by atoms with van der Waals surface area (Å²) in [6.45, 7) is 5.88. The van der Waals surface area contributed by atoms with Gasteiger partial charge in [0.05, 0.1) is 12.2 Å². The second kappa shape index (κ2) is 5.65. The largest absolute Gasteiger partial charge is 0.372 e. The van der Waals surface area contributed by atoms with Gasteiger partial charge < -0.3 is 4.74 Å². The molecule has 2 saturated heterocycles. The van der Waals surface area contributed by atoms with Crippen molar-refractivity contribution in [2.45, 2.75) is 44.8 Å². The normalized spacial score (nSPS) is 33.2. The number of ether oxygens (including phenoxy) is 1. The van der Waals surface area contributed by atoms with E-state index in [9.17, 15) is 0 Å². The molecule has 2 fully saturated rings. The highest BCUT2D eigenvalue weighted by Gasteiger charge is 2.33. The molecule has 0 aromatic heterocycles. The quantitative estimate of drug-likeness (QED) is 0.716. The van der Waals surface area contributed by atoms with Gasteiger partial charge in [-0.05, 0) is 25.2 Å². The molecule has 2 heterocycles. The second-order valence-electron chi connectivity index (χ2n) is 4.98. The lowest BCUT2D eigenvalue weighted by Crippen LogP contribution is -2.44. The van der Waals surface area contributed by atoms with Crippen LogP contribution in [0.25, 0.3) is 0 Å². The first-order valence-corrected chi connectivity index (χ1v) is 7.37. The van der Waals surface area contributed by atoms with Gasteiger partial charge in [-0.3, -0.25) is 4.90 Å². The van der Waals surface area contributed by atoms with Crippen molar-refractivity contribution in [3.05, 3.63) is 0 Å². The molecule has 2 nitrogen and oxygen atoms in total. The van der Waals surface area contributed by atoms with E-state index in [1.54, 1.807) is 0 Å². The molecule has 3 heteroatoms. The fourth-order valence-electron chi connectivity index (χ4n) is 2.84. The maximum Gasteiger partial charge on any atom is 0.0707 e. The van der Waals surface area contributed by atoms with Gasteiger partial charge in [0.2, 0.25) is 0 Å². The Balaban J connectivity index is 1.78. The molecule has 2 bridgehead atoms. The monoisotopic (exact) mass is 275 g/mol. The molecule has 15 heavy (non-hydrogen) atoms. The van der Waals surface area contributed by atoms with Crippen LogP contribution >= 0.6 is 15.9 Å². The number of nitrogens with zero attached hydrogens (tertiary/aromatic N) is 1. The topological polar surface area (TPSA) is 12.5 Å². The molecule has 3 atom stereocenters. The average molecular weight is 276 g/mol. The SMILES string of the molecule is CCCC(CBr)CN1CC2CCC(C1)O2. The van der Waals surface area contributed by atoms with Gasteiger partial charge in [-0.2, -0.15) is 0 Å². The lowest BCUT2D eigenvalue weighted by Gasteiger charge is -2.34. The minimum absolute atomic E-state index is 0.543. The molecule has 2 rings (SSSR count). The Morgan fingerprint density at radius 2 is 2.00 bits per heavy atom. The minimum Gasteiger partial charge on any atom is -0.372 e. The lowest BCUT2D eigenvalue weighted by molar-refractivity contribution is -0.0419. The van der Waals surface area contributed by atoms with Gasteiger partial charge in [-0.25, -0.2) is 0 Å². The van der Waals surface area contributed by atoms with Crippen LogP contribution in [0.5, 0.6) is 0 Å². The van der Waals surface area contributed by atoms with Crippen LogP contribution in [-0.2, 0) is 4.74 Å². The summed E-state index contributed by atoms with van der Waals surface area (Å²) in [5.41, 5.74) is 0. The van der Waals surface area contributed by atoms with Gasteiger partial charge >= 0.3 is 0 Å². The zero-order chi connectivity index (χ0) is 10.7. The molecular formula is C12H22BrNO. The van der Waals surface area contributed by atoms with E-state index < -0.39 is 0 Å². The molecule has 88 valence electrons. The van der Waals surface area contributed by atoms with E-state index in [1.165, 1.54) is 45.3 Å². The number of rotatable bonds is 5. The maximum absolute atomic E-state index is 5.85. The third-order valence-electron chi connectivity index (χ3n) is 3.55. The first kappa shape index (κ1) is 11.9. The standard InChI is InChI=1S/C12H22BrNO/c1-2-3-10(6-13)7-14-8-11-4-5-12(9-14)15-11/h10-12H,2-9H2,1H3. The molecule has 0 amide bonds. The van der Waals surface area contributed by atoms with Crippen LogP contribution in [0.2, 0.25) is 0 Å². The van der Waals surface area contributed by atoms with Gasteiger partial charge in [0.15, 0.2) is 0 Å². The molecule has 0 aromatic carbocycles. The predicted molar refractivity (Wildman–Crippen MR) is 66.5 cm³/mol. The molecule has 0 N–H and O–H groups in total. The Hall–Kier alpha value is 0.400. The summed E-state index contributed by atoms with van der Waals surface area (Å²) < 4.78 is 5.85. The summed E-state index contributed by atoms with van der Waals surface area (Å²) in [5.74, 6) is 0.826. The van der Waals surface area contributed by atoms with Crippen LogP contribution in [0, 0.1) is 5.92 Å². The summed E-state index contributed by atoms with van der Waals surface area (Å²) in [5, 5.41) is 1.15. The van der Waals surface area contributed by atoms with Crippen LogP contribution in [0.15, 0.2) is 0 Å². The van der Waals surface area contributed by atoms with Gasteiger partial charge in [-0.15, -0.1) is 0 Å². The van der Waals surface area contributed by atoms with Gasteiger partial charge in [-0.1, -0.05) is 29.3 Å². The van der Waals surface area contributed by atoms with Crippen molar-refractivity contribution in [2.24, 2.45) is 5.92 Å². The Bertz CT molecular complexity index is 188. The fraction of sp³-hybridized carbons (Fsp3) is 1.00. The second-order valence-corrected chi connectivity index (χ2v) is 5.63. The van der Waals surface area contributed by atoms with E-state index in [-0.39, 0.29) is 0 Å². The Labute approximate surface area is 101 Å². The third kappa shape index (κ3) is 3.18. The number of morpholine rings is 1. The van der Waals surface area contributed by atoms with E-state index in [0.29, 0.717) is 12.2 Å². The van der Waals surface area contributed by atoms with Crippen molar-refractivity contribution in [1.82, 2.24) is 4.90 Å². The van der Waals surface area contributed by atoms with E-state index in [0.717, 1.165) is 11.2 Å². The Morgan fingerprint density at radius 1 is 1.33 bits per heavy atom. The number of likely N-dealkylation sites (tertiary alicyclic amines) is 1. The van der Waals surface area contributed by atoms with Gasteiger partial charge in [0.25, 0.3) is 0 Å². The van der Waals surface area contributed by atoms with Crippen molar-refractivity contribution in [1.29, 1.82) is 0 Å². The minimum atomic E-state index is 0.543. The molecule has 2 aliphatic rings. The number of hydrogen-bond donors (Lipinski definition) is 0. The van der Waals surface area contributed by atoms with E-state index >= 15 is 0 Å². The zero-order valence-corrected chi connectivity index (χ0v) is 11.2. The Morgan fingerprint density at radius 3 is 2.53 bits per heavy atom. The zero-order valence-electron chi connectivity index (χ0n) is 9.62. The highest BCUT2D eigenvalue weighted by atomic mass is 79.9. The average Bonchev–Trinajstić information content (AvgIpc) is 2.57. The van der Waals surface area contributed by atoms with Crippen LogP contribution < -0.4 is 0 Å². The van der Waals surface area contributed by atoms with Crippen molar-refractivity contribution < 1.29 is 4.74 Å². The van der Waals surface area contributed by atoms with Crippen LogP contribution in [0.4, 0.5) is 0 Å². The summed E-state index contributed by atoms with van der Waals surface area (Å²) in [6.07, 6.45) is 6.30. The lowest BCUT2D eigenvalue weighted by atomic mass is 10.1. The summed E-state index contributed by atoms with van der Waals surface area (Å²) >= 11 is 3.63. The highest BCUT2D eigenvalue weighted by Crippen LogP contribution is 2.27. The van der Waals surface area contributed by atoms with Crippen molar-refractivity contribution in [2.75, 3.05) is 25.0 Å². The number of hydrogen-bond acceptors (Lipinski definition) is 2. The molecule has 0 saturated carbocycles. The highest BCUT2D eigenvalue weighted by molar-refractivity contribution is 9.09. The first-order valence-electron chi connectivity index (χ1n) is 6.25. The smallest absolute Gasteiger partial charge is 0.0707 e. The van der Waals surface area contributed by atoms with E-state index in [4.69, 9.17) is 4.74 Å². The van der Waals surface area contributed by atoms with Crippen LogP contribution in [-0.4, -0.2) is 42.1 Å². The molecule has 0 radical (unpaired) electrons. The first-order chi connectivity index (χ1) is 7.31. The predicted octanol–water partition coefficient (Wildman–Crippen LogP) is 2.66. The van der Waals surface area contributed by atoms with Crippen molar-refractivity contribution >= 4 is 15.9 Å². The number of halogens is 1. The van der Waals surface area contributed by atoms with Gasteiger partial charge in [0.1, 0.15) is 0 Å². The Kier molecular flexibility index (Phi) is 4.47. The van der Waals surface area contributed by atoms with Crippen molar-refractivity contribution in [3.8, 4) is 0 Å². The number of fused-ring (bicyclic) bond motifs is 2. The molecular weight excluding hydrogens is 254 g/mol. The summed E-state index contributed by atoms with van der Waals surface area (Å²) in [6, 6.07) is 0.